The van der Waals surface area contributed by atoms with Gasteiger partial charge < -0.3 is 15.0 Å². The molecule has 122 valence electrons. The van der Waals surface area contributed by atoms with E-state index in [-0.39, 0.29) is 28.4 Å². The van der Waals surface area contributed by atoms with E-state index in [1.807, 2.05) is 6.92 Å². The summed E-state index contributed by atoms with van der Waals surface area (Å²) in [5, 5.41) is 12.9. The van der Waals surface area contributed by atoms with Gasteiger partial charge in [-0.1, -0.05) is 12.1 Å². The molecule has 0 bridgehead atoms. The molecule has 5 nitrogen and oxygen atoms in total. The Bertz CT molecular complexity index is 838. The van der Waals surface area contributed by atoms with Crippen LogP contribution in [-0.4, -0.2) is 28.2 Å². The number of carboxylic acid groups (broad SMARTS) is 1. The van der Waals surface area contributed by atoms with Crippen LogP contribution >= 0.6 is 0 Å². The molecule has 0 spiro atoms. The van der Waals surface area contributed by atoms with E-state index in [0.717, 1.165) is 19.4 Å². The Morgan fingerprint density at radius 3 is 2.83 bits per heavy atom. The Hall–Kier alpha value is -2.21. The smallest absolute Gasteiger partial charge is 0.338 e. The summed E-state index contributed by atoms with van der Waals surface area (Å²) in [6.45, 7) is 4.35. The molecule has 1 saturated heterocycles. The van der Waals surface area contributed by atoms with E-state index in [9.17, 15) is 19.1 Å². The Kier molecular flexibility index (Phi) is 3.93. The second-order valence-corrected chi connectivity index (χ2v) is 6.05. The van der Waals surface area contributed by atoms with Crippen LogP contribution in [0, 0.1) is 12.7 Å². The zero-order chi connectivity index (χ0) is 16.7. The van der Waals surface area contributed by atoms with Gasteiger partial charge in [-0.15, -0.1) is 0 Å². The van der Waals surface area contributed by atoms with Gasteiger partial charge in [0.2, 0.25) is 0 Å². The maximum atomic E-state index is 14.2. The number of nitrogens with zero attached hydrogens (tertiary/aromatic N) is 1. The molecule has 0 amide bonds. The van der Waals surface area contributed by atoms with Crippen LogP contribution < -0.4 is 10.9 Å². The third-order valence-electron chi connectivity index (χ3n) is 4.74. The monoisotopic (exact) mass is 318 g/mol. The zero-order valence-electron chi connectivity index (χ0n) is 13.1. The highest BCUT2D eigenvalue weighted by Gasteiger charge is 2.28. The largest absolute Gasteiger partial charge is 0.478 e. The van der Waals surface area contributed by atoms with Crippen LogP contribution in [0.3, 0.4) is 0 Å². The maximum Gasteiger partial charge on any atom is 0.338 e. The zero-order valence-corrected chi connectivity index (χ0v) is 13.1. The van der Waals surface area contributed by atoms with Crippen molar-refractivity contribution in [2.45, 2.75) is 38.8 Å². The number of pyridine rings is 1. The van der Waals surface area contributed by atoms with Gasteiger partial charge in [-0.3, -0.25) is 4.79 Å². The van der Waals surface area contributed by atoms with Crippen molar-refractivity contribution in [3.05, 3.63) is 45.6 Å². The van der Waals surface area contributed by atoms with Crippen LogP contribution in [0.15, 0.2) is 23.0 Å². The number of halogens is 1. The highest BCUT2D eigenvalue weighted by atomic mass is 19.1. The number of rotatable bonds is 3. The van der Waals surface area contributed by atoms with Gasteiger partial charge in [-0.05, 0) is 39.3 Å². The lowest BCUT2D eigenvalue weighted by Gasteiger charge is -2.26. The SMILES string of the molecule is Cc1c(C(=O)O)c2cccc(F)c2c(=O)n1C(C)[C@@H]1CCCN1. The number of benzene rings is 1. The molecule has 2 heterocycles. The molecule has 1 unspecified atom stereocenters. The normalized spacial score (nSPS) is 19.2. The molecule has 2 atom stereocenters. The number of hydrogen-bond acceptors (Lipinski definition) is 3. The summed E-state index contributed by atoms with van der Waals surface area (Å²) in [5.74, 6) is -1.84. The highest BCUT2D eigenvalue weighted by molar-refractivity contribution is 6.04. The second kappa shape index (κ2) is 5.77. The van der Waals surface area contributed by atoms with Crippen molar-refractivity contribution in [2.24, 2.45) is 0 Å². The van der Waals surface area contributed by atoms with E-state index >= 15 is 0 Å². The fourth-order valence-corrected chi connectivity index (χ4v) is 3.60. The summed E-state index contributed by atoms with van der Waals surface area (Å²) in [6.07, 6.45) is 1.92. The maximum absolute atomic E-state index is 14.2. The number of aromatic nitrogens is 1. The van der Waals surface area contributed by atoms with Gasteiger partial charge in [0.05, 0.1) is 10.9 Å². The van der Waals surface area contributed by atoms with E-state index in [4.69, 9.17) is 0 Å². The molecule has 0 radical (unpaired) electrons. The lowest BCUT2D eigenvalue weighted by Crippen LogP contribution is -2.38. The molecule has 0 aliphatic carbocycles. The van der Waals surface area contributed by atoms with Crippen LogP contribution in [-0.2, 0) is 0 Å². The summed E-state index contributed by atoms with van der Waals surface area (Å²) in [6, 6.07) is 3.94. The van der Waals surface area contributed by atoms with E-state index < -0.39 is 17.3 Å². The van der Waals surface area contributed by atoms with E-state index in [0.29, 0.717) is 5.69 Å². The fraction of sp³-hybridized carbons (Fsp3) is 0.412. The highest BCUT2D eigenvalue weighted by Crippen LogP contribution is 2.26. The van der Waals surface area contributed by atoms with Gasteiger partial charge in [-0.25, -0.2) is 9.18 Å². The lowest BCUT2D eigenvalue weighted by molar-refractivity contribution is 0.0697. The molecule has 2 aromatic rings. The molecule has 1 aromatic carbocycles. The number of carbonyl (C=O) groups is 1. The van der Waals surface area contributed by atoms with Crippen LogP contribution in [0.25, 0.3) is 10.8 Å². The third-order valence-corrected chi connectivity index (χ3v) is 4.74. The van der Waals surface area contributed by atoms with Crippen molar-refractivity contribution < 1.29 is 14.3 Å². The van der Waals surface area contributed by atoms with Crippen LogP contribution in [0.5, 0.6) is 0 Å². The van der Waals surface area contributed by atoms with Crippen molar-refractivity contribution in [1.29, 1.82) is 0 Å². The van der Waals surface area contributed by atoms with Crippen molar-refractivity contribution in [1.82, 2.24) is 9.88 Å². The minimum Gasteiger partial charge on any atom is -0.478 e. The summed E-state index contributed by atoms with van der Waals surface area (Å²) in [7, 11) is 0. The summed E-state index contributed by atoms with van der Waals surface area (Å²) in [5.41, 5.74) is -0.118. The minimum absolute atomic E-state index is 0.0102. The summed E-state index contributed by atoms with van der Waals surface area (Å²) < 4.78 is 15.6. The third kappa shape index (κ3) is 2.43. The number of carboxylic acids is 1. The molecular formula is C17H19FN2O3. The molecule has 23 heavy (non-hydrogen) atoms. The van der Waals surface area contributed by atoms with E-state index in [2.05, 4.69) is 5.32 Å². The van der Waals surface area contributed by atoms with Gasteiger partial charge >= 0.3 is 5.97 Å². The van der Waals surface area contributed by atoms with Crippen molar-refractivity contribution in [3.8, 4) is 0 Å². The molecular weight excluding hydrogens is 299 g/mol. The first-order valence-corrected chi connectivity index (χ1v) is 7.73. The van der Waals surface area contributed by atoms with Crippen LogP contribution in [0.1, 0.15) is 41.9 Å². The average molecular weight is 318 g/mol. The Morgan fingerprint density at radius 1 is 1.48 bits per heavy atom. The summed E-state index contributed by atoms with van der Waals surface area (Å²) >= 11 is 0. The van der Waals surface area contributed by atoms with Gasteiger partial charge in [0.1, 0.15) is 5.82 Å². The second-order valence-electron chi connectivity index (χ2n) is 6.05. The quantitative estimate of drug-likeness (QED) is 0.912. The van der Waals surface area contributed by atoms with Crippen LogP contribution in [0.2, 0.25) is 0 Å². The minimum atomic E-state index is -1.15. The van der Waals surface area contributed by atoms with Gasteiger partial charge in [0.25, 0.3) is 5.56 Å². The van der Waals surface area contributed by atoms with Crippen LogP contribution in [0.4, 0.5) is 4.39 Å². The number of aromatic carboxylic acids is 1. The van der Waals surface area contributed by atoms with Gasteiger partial charge in [0.15, 0.2) is 0 Å². The van der Waals surface area contributed by atoms with Crippen molar-refractivity contribution in [3.63, 3.8) is 0 Å². The molecule has 0 saturated carbocycles. The molecule has 1 aromatic heterocycles. The van der Waals surface area contributed by atoms with E-state index in [1.54, 1.807) is 6.92 Å². The van der Waals surface area contributed by atoms with Gasteiger partial charge in [-0.2, -0.15) is 0 Å². The molecule has 6 heteroatoms. The predicted molar refractivity (Wildman–Crippen MR) is 85.6 cm³/mol. The molecule has 1 aliphatic heterocycles. The molecule has 1 fully saturated rings. The first-order chi connectivity index (χ1) is 10.9. The van der Waals surface area contributed by atoms with Crippen molar-refractivity contribution in [2.75, 3.05) is 6.54 Å². The average Bonchev–Trinajstić information content (AvgIpc) is 3.00. The van der Waals surface area contributed by atoms with Crippen molar-refractivity contribution >= 4 is 16.7 Å². The summed E-state index contributed by atoms with van der Waals surface area (Å²) in [4.78, 5) is 24.5. The number of nitrogens with one attached hydrogen (secondary N) is 1. The van der Waals surface area contributed by atoms with Gasteiger partial charge in [0, 0.05) is 23.2 Å². The molecule has 2 N–H and O–H groups in total. The topological polar surface area (TPSA) is 71.3 Å². The molecule has 1 aliphatic rings. The first-order valence-electron chi connectivity index (χ1n) is 7.73. The Morgan fingerprint density at radius 2 is 2.22 bits per heavy atom. The fourth-order valence-electron chi connectivity index (χ4n) is 3.60. The lowest BCUT2D eigenvalue weighted by atomic mass is 10.0. The Balaban J connectivity index is 2.36. The Labute approximate surface area is 132 Å². The molecule has 3 rings (SSSR count). The standard InChI is InChI=1S/C17H19FN2O3/c1-9(13-7-4-8-19-13)20-10(2)14(17(22)23)11-5-3-6-12(18)15(11)16(20)21/h3,5-6,9,13,19H,4,7-8H2,1-2H3,(H,22,23)/t9?,13-/m0/s1. The number of hydrogen-bond donors (Lipinski definition) is 2. The number of fused-ring (bicyclic) bond motifs is 1. The van der Waals surface area contributed by atoms with E-state index in [1.165, 1.54) is 22.8 Å². The predicted octanol–water partition coefficient (Wildman–Crippen LogP) is 2.46. The first kappa shape index (κ1) is 15.7.